The monoisotopic (exact) mass is 434 g/mol. The molecule has 1 N–H and O–H groups in total. The lowest BCUT2D eigenvalue weighted by Crippen LogP contribution is -2.45. The van der Waals surface area contributed by atoms with E-state index in [1.165, 1.54) is 0 Å². The summed E-state index contributed by atoms with van der Waals surface area (Å²) < 4.78 is 17.6. The van der Waals surface area contributed by atoms with E-state index < -0.39 is 20.0 Å². The molecule has 1 aromatic carbocycles. The standard InChI is InChI=1S/C22H34N2O5Si/c1-21(2,3)28-20(25)23-14-9-10-15-17(11-14)26-12-16-18(29-24-19(15)16)13-27-30(7,8)22(4,5)6/h9-11,16,18H,12-13H2,1-8H3,(H,23,25). The van der Waals surface area contributed by atoms with Crippen molar-refractivity contribution in [3.63, 3.8) is 0 Å². The molecule has 2 aliphatic heterocycles. The fourth-order valence-electron chi connectivity index (χ4n) is 3.06. The molecule has 2 heterocycles. The van der Waals surface area contributed by atoms with Gasteiger partial charge in [-0.2, -0.15) is 0 Å². The number of anilines is 1. The zero-order valence-electron chi connectivity index (χ0n) is 19.3. The van der Waals surface area contributed by atoms with Gasteiger partial charge in [-0.05, 0) is 51.0 Å². The maximum Gasteiger partial charge on any atom is 0.412 e. The maximum atomic E-state index is 12.0. The Kier molecular flexibility index (Phi) is 5.95. The van der Waals surface area contributed by atoms with E-state index in [1.807, 2.05) is 32.9 Å². The van der Waals surface area contributed by atoms with Crippen LogP contribution in [0.25, 0.3) is 0 Å². The fraction of sp³-hybridized carbons (Fsp3) is 0.636. The van der Waals surface area contributed by atoms with E-state index >= 15 is 0 Å². The molecule has 166 valence electrons. The fourth-order valence-corrected chi connectivity index (χ4v) is 4.08. The van der Waals surface area contributed by atoms with Gasteiger partial charge in [0.25, 0.3) is 0 Å². The van der Waals surface area contributed by atoms with E-state index in [2.05, 4.69) is 44.3 Å². The van der Waals surface area contributed by atoms with Crippen LogP contribution in [0, 0.1) is 5.92 Å². The second-order valence-corrected chi connectivity index (χ2v) is 15.3. The van der Waals surface area contributed by atoms with Gasteiger partial charge in [-0.15, -0.1) is 0 Å². The van der Waals surface area contributed by atoms with Gasteiger partial charge in [0.15, 0.2) is 14.4 Å². The van der Waals surface area contributed by atoms with Crippen molar-refractivity contribution in [2.75, 3.05) is 18.5 Å². The highest BCUT2D eigenvalue weighted by Gasteiger charge is 2.43. The van der Waals surface area contributed by atoms with Gasteiger partial charge in [0.1, 0.15) is 23.7 Å². The number of hydrogen-bond acceptors (Lipinski definition) is 6. The Labute approximate surface area is 180 Å². The van der Waals surface area contributed by atoms with Crippen molar-refractivity contribution < 1.29 is 23.5 Å². The SMILES string of the molecule is CC(C)(C)OC(=O)Nc1ccc2c(c1)OCC1C2=NOC1CO[Si](C)(C)C(C)(C)C. The van der Waals surface area contributed by atoms with Crippen molar-refractivity contribution in [1.82, 2.24) is 0 Å². The molecule has 2 unspecified atom stereocenters. The first kappa shape index (κ1) is 22.6. The predicted molar refractivity (Wildman–Crippen MR) is 120 cm³/mol. The smallest absolute Gasteiger partial charge is 0.412 e. The van der Waals surface area contributed by atoms with E-state index in [1.54, 1.807) is 6.07 Å². The number of rotatable bonds is 4. The van der Waals surface area contributed by atoms with Crippen LogP contribution in [0.15, 0.2) is 23.4 Å². The molecular weight excluding hydrogens is 400 g/mol. The summed E-state index contributed by atoms with van der Waals surface area (Å²) in [5.41, 5.74) is 1.82. The average Bonchev–Trinajstić information content (AvgIpc) is 3.00. The van der Waals surface area contributed by atoms with Gasteiger partial charge < -0.3 is 18.7 Å². The normalized spacial score (nSPS) is 21.0. The number of oxime groups is 1. The molecule has 0 aromatic heterocycles. The molecule has 0 spiro atoms. The quantitative estimate of drug-likeness (QED) is 0.662. The minimum absolute atomic E-state index is 0.0342. The van der Waals surface area contributed by atoms with E-state index in [0.29, 0.717) is 24.7 Å². The highest BCUT2D eigenvalue weighted by molar-refractivity contribution is 6.74. The van der Waals surface area contributed by atoms with Crippen LogP contribution >= 0.6 is 0 Å². The summed E-state index contributed by atoms with van der Waals surface area (Å²) in [5.74, 6) is 0.708. The van der Waals surface area contributed by atoms with Crippen molar-refractivity contribution in [3.05, 3.63) is 23.8 Å². The summed E-state index contributed by atoms with van der Waals surface area (Å²) in [4.78, 5) is 17.7. The number of carbonyl (C=O) groups excluding carboxylic acids is 1. The van der Waals surface area contributed by atoms with Gasteiger partial charge >= 0.3 is 6.09 Å². The lowest BCUT2D eigenvalue weighted by atomic mass is 9.90. The van der Waals surface area contributed by atoms with Crippen LogP contribution < -0.4 is 10.1 Å². The molecule has 30 heavy (non-hydrogen) atoms. The number of ether oxygens (including phenoxy) is 2. The summed E-state index contributed by atoms with van der Waals surface area (Å²) in [6.07, 6.45) is -0.651. The van der Waals surface area contributed by atoms with Gasteiger partial charge in [-0.3, -0.25) is 5.32 Å². The Bertz CT molecular complexity index is 839. The lowest BCUT2D eigenvalue weighted by Gasteiger charge is -2.37. The van der Waals surface area contributed by atoms with Crippen LogP contribution in [-0.4, -0.2) is 45.0 Å². The summed E-state index contributed by atoms with van der Waals surface area (Å²) in [7, 11) is -1.86. The Morgan fingerprint density at radius 2 is 1.93 bits per heavy atom. The van der Waals surface area contributed by atoms with E-state index in [0.717, 1.165) is 11.3 Å². The first-order chi connectivity index (χ1) is 13.8. The van der Waals surface area contributed by atoms with Crippen molar-refractivity contribution in [2.24, 2.45) is 11.1 Å². The zero-order chi connectivity index (χ0) is 22.3. The number of carbonyl (C=O) groups is 1. The van der Waals surface area contributed by atoms with Crippen LogP contribution in [0.2, 0.25) is 18.1 Å². The van der Waals surface area contributed by atoms with Gasteiger partial charge in [0, 0.05) is 17.3 Å². The molecule has 0 aliphatic carbocycles. The number of benzene rings is 1. The van der Waals surface area contributed by atoms with Crippen molar-refractivity contribution in [1.29, 1.82) is 0 Å². The number of fused-ring (bicyclic) bond motifs is 3. The van der Waals surface area contributed by atoms with Crippen LogP contribution in [0.5, 0.6) is 5.75 Å². The number of nitrogens with one attached hydrogen (secondary N) is 1. The maximum absolute atomic E-state index is 12.0. The summed E-state index contributed by atoms with van der Waals surface area (Å²) >= 11 is 0. The summed E-state index contributed by atoms with van der Waals surface area (Å²) in [6.45, 7) is 17.6. The molecule has 2 aliphatic rings. The Morgan fingerprint density at radius 1 is 1.23 bits per heavy atom. The number of amides is 1. The second kappa shape index (κ2) is 7.89. The Morgan fingerprint density at radius 3 is 2.57 bits per heavy atom. The van der Waals surface area contributed by atoms with Crippen LogP contribution in [0.3, 0.4) is 0 Å². The molecule has 0 bridgehead atoms. The largest absolute Gasteiger partial charge is 0.492 e. The molecule has 0 fully saturated rings. The summed E-state index contributed by atoms with van der Waals surface area (Å²) in [6, 6.07) is 5.50. The molecule has 1 amide bonds. The van der Waals surface area contributed by atoms with Gasteiger partial charge in [-0.1, -0.05) is 25.9 Å². The first-order valence-electron chi connectivity index (χ1n) is 10.4. The number of hydrogen-bond donors (Lipinski definition) is 1. The topological polar surface area (TPSA) is 78.4 Å². The number of nitrogens with zero attached hydrogens (tertiary/aromatic N) is 1. The lowest BCUT2D eigenvalue weighted by molar-refractivity contribution is 0.0120. The van der Waals surface area contributed by atoms with E-state index in [9.17, 15) is 4.79 Å². The highest BCUT2D eigenvalue weighted by atomic mass is 28.4. The van der Waals surface area contributed by atoms with Crippen molar-refractivity contribution in [3.8, 4) is 5.75 Å². The molecule has 0 saturated heterocycles. The van der Waals surface area contributed by atoms with Crippen LogP contribution in [0.4, 0.5) is 10.5 Å². The minimum atomic E-state index is -1.86. The molecule has 7 nitrogen and oxygen atoms in total. The van der Waals surface area contributed by atoms with Gasteiger partial charge in [0.05, 0.1) is 12.5 Å². The minimum Gasteiger partial charge on any atom is -0.492 e. The van der Waals surface area contributed by atoms with Gasteiger partial charge in [-0.25, -0.2) is 4.79 Å². The molecule has 1 aromatic rings. The molecule has 8 heteroatoms. The zero-order valence-corrected chi connectivity index (χ0v) is 20.3. The van der Waals surface area contributed by atoms with E-state index in [-0.39, 0.29) is 17.1 Å². The van der Waals surface area contributed by atoms with Crippen LogP contribution in [-0.2, 0) is 14.0 Å². The highest BCUT2D eigenvalue weighted by Crippen LogP contribution is 2.39. The third-order valence-corrected chi connectivity index (χ3v) is 10.3. The van der Waals surface area contributed by atoms with E-state index in [4.69, 9.17) is 18.7 Å². The molecule has 0 saturated carbocycles. The molecule has 2 atom stereocenters. The molecule has 3 rings (SSSR count). The molecule has 0 radical (unpaired) electrons. The Hall–Kier alpha value is -2.06. The van der Waals surface area contributed by atoms with Gasteiger partial charge in [0.2, 0.25) is 0 Å². The predicted octanol–water partition coefficient (Wildman–Crippen LogP) is 5.17. The van der Waals surface area contributed by atoms with Crippen molar-refractivity contribution >= 4 is 25.8 Å². The first-order valence-corrected chi connectivity index (χ1v) is 13.3. The van der Waals surface area contributed by atoms with Crippen LogP contribution in [0.1, 0.15) is 47.1 Å². The summed E-state index contributed by atoms with van der Waals surface area (Å²) in [5, 5.41) is 7.22. The third-order valence-electron chi connectivity index (χ3n) is 5.82. The third kappa shape index (κ3) is 4.98. The Balaban J connectivity index is 1.66. The second-order valence-electron chi connectivity index (χ2n) is 10.4. The molecular formula is C22H34N2O5Si. The average molecular weight is 435 g/mol. The van der Waals surface area contributed by atoms with Crippen molar-refractivity contribution in [2.45, 2.75) is 71.4 Å².